The minimum atomic E-state index is -2.89. The van der Waals surface area contributed by atoms with Crippen molar-refractivity contribution in [2.45, 2.75) is 13.0 Å². The van der Waals surface area contributed by atoms with E-state index < -0.39 is 6.61 Å². The molecule has 0 aliphatic rings. The highest BCUT2D eigenvalue weighted by atomic mass is 127. The molecule has 2 aromatic rings. The van der Waals surface area contributed by atoms with Gasteiger partial charge in [0.1, 0.15) is 5.75 Å². The number of ketones is 1. The van der Waals surface area contributed by atoms with Crippen molar-refractivity contribution in [1.29, 1.82) is 0 Å². The van der Waals surface area contributed by atoms with Crippen molar-refractivity contribution in [3.63, 3.8) is 0 Å². The molecule has 20 heavy (non-hydrogen) atoms. The zero-order valence-electron chi connectivity index (χ0n) is 10.4. The van der Waals surface area contributed by atoms with Crippen LogP contribution in [0.2, 0.25) is 0 Å². The standard InChI is InChI=1S/C15H11F2IO2/c16-15(17)20-13-3-1-2-11(9-13)14(19)8-10-4-6-12(18)7-5-10/h1-7,9,15H,8H2. The molecule has 0 saturated carbocycles. The van der Waals surface area contributed by atoms with Crippen molar-refractivity contribution < 1.29 is 18.3 Å². The van der Waals surface area contributed by atoms with Gasteiger partial charge in [0.25, 0.3) is 0 Å². The summed E-state index contributed by atoms with van der Waals surface area (Å²) in [5.41, 5.74) is 1.25. The predicted octanol–water partition coefficient (Wildman–Crippen LogP) is 4.32. The van der Waals surface area contributed by atoms with Gasteiger partial charge in [-0.25, -0.2) is 0 Å². The summed E-state index contributed by atoms with van der Waals surface area (Å²) in [6, 6.07) is 13.4. The number of rotatable bonds is 5. The molecule has 0 fully saturated rings. The van der Waals surface area contributed by atoms with Gasteiger partial charge >= 0.3 is 6.61 Å². The maximum atomic E-state index is 12.1. The molecule has 2 aromatic carbocycles. The predicted molar refractivity (Wildman–Crippen MR) is 80.3 cm³/mol. The topological polar surface area (TPSA) is 26.3 Å². The summed E-state index contributed by atoms with van der Waals surface area (Å²) < 4.78 is 29.6. The van der Waals surface area contributed by atoms with E-state index in [1.54, 1.807) is 6.07 Å². The Morgan fingerprint density at radius 3 is 2.50 bits per heavy atom. The lowest BCUT2D eigenvalue weighted by molar-refractivity contribution is -0.0498. The molecule has 2 rings (SSSR count). The van der Waals surface area contributed by atoms with E-state index in [1.807, 2.05) is 24.3 Å². The van der Waals surface area contributed by atoms with E-state index in [1.165, 1.54) is 18.2 Å². The lowest BCUT2D eigenvalue weighted by Crippen LogP contribution is -2.06. The first-order valence-corrected chi connectivity index (χ1v) is 6.95. The maximum absolute atomic E-state index is 12.1. The number of carbonyl (C=O) groups excluding carboxylic acids is 1. The van der Waals surface area contributed by atoms with Gasteiger partial charge in [-0.3, -0.25) is 4.79 Å². The molecule has 0 N–H and O–H groups in total. The number of halogens is 3. The van der Waals surface area contributed by atoms with Gasteiger partial charge in [-0.15, -0.1) is 0 Å². The molecule has 0 spiro atoms. The Labute approximate surface area is 128 Å². The van der Waals surface area contributed by atoms with E-state index in [4.69, 9.17) is 0 Å². The first kappa shape index (κ1) is 14.9. The molecule has 0 amide bonds. The summed E-state index contributed by atoms with van der Waals surface area (Å²) in [6.45, 7) is -2.89. The Morgan fingerprint density at radius 2 is 1.85 bits per heavy atom. The van der Waals surface area contributed by atoms with E-state index in [2.05, 4.69) is 27.3 Å². The van der Waals surface area contributed by atoms with Gasteiger partial charge in [-0.2, -0.15) is 8.78 Å². The van der Waals surface area contributed by atoms with Crippen LogP contribution in [0.3, 0.4) is 0 Å². The molecule has 0 unspecified atom stereocenters. The second kappa shape index (κ2) is 6.78. The van der Waals surface area contributed by atoms with E-state index >= 15 is 0 Å². The van der Waals surface area contributed by atoms with Gasteiger partial charge in [0.15, 0.2) is 5.78 Å². The molecular weight excluding hydrogens is 377 g/mol. The number of hydrogen-bond donors (Lipinski definition) is 0. The Bertz CT molecular complexity index is 597. The summed E-state index contributed by atoms with van der Waals surface area (Å²) in [4.78, 5) is 12.1. The molecule has 0 heterocycles. The largest absolute Gasteiger partial charge is 0.435 e. The average molecular weight is 388 g/mol. The molecule has 0 aromatic heterocycles. The fraction of sp³-hybridized carbons (Fsp3) is 0.133. The fourth-order valence-electron chi connectivity index (χ4n) is 1.74. The number of ether oxygens (including phenoxy) is 1. The number of alkyl halides is 2. The Kier molecular flexibility index (Phi) is 5.05. The van der Waals surface area contributed by atoms with E-state index in [9.17, 15) is 13.6 Å². The van der Waals surface area contributed by atoms with Crippen LogP contribution in [-0.2, 0) is 6.42 Å². The molecule has 5 heteroatoms. The normalized spacial score (nSPS) is 10.6. The van der Waals surface area contributed by atoms with Gasteiger partial charge < -0.3 is 4.74 Å². The number of benzene rings is 2. The molecule has 0 atom stereocenters. The van der Waals surface area contributed by atoms with Crippen LogP contribution in [0.1, 0.15) is 15.9 Å². The smallest absolute Gasteiger partial charge is 0.387 e. The lowest BCUT2D eigenvalue weighted by Gasteiger charge is -2.06. The Balaban J connectivity index is 2.10. The van der Waals surface area contributed by atoms with Gasteiger partial charge in [-0.05, 0) is 52.4 Å². The van der Waals surface area contributed by atoms with Crippen LogP contribution in [0, 0.1) is 3.57 Å². The second-order valence-electron chi connectivity index (χ2n) is 4.13. The maximum Gasteiger partial charge on any atom is 0.387 e. The van der Waals surface area contributed by atoms with E-state index in [-0.39, 0.29) is 18.0 Å². The van der Waals surface area contributed by atoms with Crippen LogP contribution in [0.5, 0.6) is 5.75 Å². The highest BCUT2D eigenvalue weighted by Crippen LogP contribution is 2.18. The van der Waals surface area contributed by atoms with Crippen molar-refractivity contribution in [3.05, 3.63) is 63.2 Å². The first-order valence-electron chi connectivity index (χ1n) is 5.87. The summed E-state index contributed by atoms with van der Waals surface area (Å²) in [6.07, 6.45) is 0.231. The number of hydrogen-bond acceptors (Lipinski definition) is 2. The monoisotopic (exact) mass is 388 g/mol. The molecule has 104 valence electrons. The quantitative estimate of drug-likeness (QED) is 0.564. The first-order chi connectivity index (χ1) is 9.54. The number of Topliss-reactive ketones (excluding diaryl/α,β-unsaturated/α-hetero) is 1. The summed E-state index contributed by atoms with van der Waals surface area (Å²) in [5, 5.41) is 0. The summed E-state index contributed by atoms with van der Waals surface area (Å²) >= 11 is 2.18. The Hall–Kier alpha value is -1.50. The third kappa shape index (κ3) is 4.26. The minimum Gasteiger partial charge on any atom is -0.435 e. The van der Waals surface area contributed by atoms with Crippen LogP contribution < -0.4 is 4.74 Å². The number of carbonyl (C=O) groups is 1. The average Bonchev–Trinajstić information content (AvgIpc) is 2.41. The van der Waals surface area contributed by atoms with Crippen molar-refractivity contribution in [2.24, 2.45) is 0 Å². The van der Waals surface area contributed by atoms with Crippen molar-refractivity contribution in [2.75, 3.05) is 0 Å². The van der Waals surface area contributed by atoms with Crippen LogP contribution in [0.25, 0.3) is 0 Å². The van der Waals surface area contributed by atoms with Gasteiger partial charge in [-0.1, -0.05) is 24.3 Å². The van der Waals surface area contributed by atoms with E-state index in [0.717, 1.165) is 9.13 Å². The summed E-state index contributed by atoms with van der Waals surface area (Å²) in [5.74, 6) is -0.139. The highest BCUT2D eigenvalue weighted by molar-refractivity contribution is 14.1. The van der Waals surface area contributed by atoms with Crippen LogP contribution in [0.15, 0.2) is 48.5 Å². The fourth-order valence-corrected chi connectivity index (χ4v) is 2.10. The molecule has 0 saturated heterocycles. The minimum absolute atomic E-state index is 0.00606. The molecule has 0 radical (unpaired) electrons. The zero-order valence-corrected chi connectivity index (χ0v) is 12.5. The van der Waals surface area contributed by atoms with Gasteiger partial charge in [0, 0.05) is 15.6 Å². The molecular formula is C15H11F2IO2. The van der Waals surface area contributed by atoms with Crippen molar-refractivity contribution in [3.8, 4) is 5.75 Å². The van der Waals surface area contributed by atoms with Crippen molar-refractivity contribution in [1.82, 2.24) is 0 Å². The molecule has 0 bridgehead atoms. The van der Waals surface area contributed by atoms with Crippen LogP contribution >= 0.6 is 22.6 Å². The Morgan fingerprint density at radius 1 is 1.15 bits per heavy atom. The second-order valence-corrected chi connectivity index (χ2v) is 5.38. The lowest BCUT2D eigenvalue weighted by atomic mass is 10.0. The van der Waals surface area contributed by atoms with E-state index in [0.29, 0.717) is 5.56 Å². The molecule has 0 aliphatic carbocycles. The highest BCUT2D eigenvalue weighted by Gasteiger charge is 2.10. The zero-order chi connectivity index (χ0) is 14.5. The van der Waals surface area contributed by atoms with Crippen molar-refractivity contribution >= 4 is 28.4 Å². The van der Waals surface area contributed by atoms with Gasteiger partial charge in [0.05, 0.1) is 0 Å². The summed E-state index contributed by atoms with van der Waals surface area (Å²) in [7, 11) is 0. The SMILES string of the molecule is O=C(Cc1ccc(I)cc1)c1cccc(OC(F)F)c1. The van der Waals surface area contributed by atoms with Crippen LogP contribution in [0.4, 0.5) is 8.78 Å². The third-order valence-electron chi connectivity index (χ3n) is 2.66. The third-order valence-corrected chi connectivity index (χ3v) is 3.38. The van der Waals surface area contributed by atoms with Crippen LogP contribution in [-0.4, -0.2) is 12.4 Å². The molecule has 2 nitrogen and oxygen atoms in total. The van der Waals surface area contributed by atoms with Gasteiger partial charge in [0.2, 0.25) is 0 Å². The molecule has 0 aliphatic heterocycles.